The van der Waals surface area contributed by atoms with Crippen LogP contribution >= 0.6 is 23.4 Å². The van der Waals surface area contributed by atoms with Crippen molar-refractivity contribution in [1.29, 1.82) is 0 Å². The summed E-state index contributed by atoms with van der Waals surface area (Å²) in [6.45, 7) is 0.263. The highest BCUT2D eigenvalue weighted by Gasteiger charge is 2.29. The number of nitro groups is 1. The number of hydrogen-bond donors (Lipinski definition) is 1. The molecule has 0 aliphatic rings. The van der Waals surface area contributed by atoms with Crippen molar-refractivity contribution in [2.75, 3.05) is 12.8 Å². The van der Waals surface area contributed by atoms with E-state index in [-0.39, 0.29) is 29.8 Å². The molecule has 0 radical (unpaired) electrons. The summed E-state index contributed by atoms with van der Waals surface area (Å²) < 4.78 is 0. The molecule has 3 aromatic rings. The minimum Gasteiger partial charge on any atom is -0.357 e. The SMILES string of the molecule is CNC(=O)[C@@H](Cc1ccccc1)N(Cc1ccc(Cl)cc1)C(=O)CSCc1ccc([N+](=O)[O-])cc1. The number of non-ortho nitro benzene ring substituents is 1. The van der Waals surface area contributed by atoms with Crippen molar-refractivity contribution >= 4 is 40.9 Å². The normalized spacial score (nSPS) is 11.5. The van der Waals surface area contributed by atoms with Crippen LogP contribution in [0.3, 0.4) is 0 Å². The van der Waals surface area contributed by atoms with Gasteiger partial charge in [0.05, 0.1) is 10.7 Å². The molecule has 9 heteroatoms. The molecule has 0 aromatic heterocycles. The van der Waals surface area contributed by atoms with Crippen LogP contribution in [0.25, 0.3) is 0 Å². The summed E-state index contributed by atoms with van der Waals surface area (Å²) in [5.74, 6) is 0.266. The van der Waals surface area contributed by atoms with Gasteiger partial charge in [-0.25, -0.2) is 0 Å². The Balaban J connectivity index is 1.77. The molecule has 0 saturated heterocycles. The lowest BCUT2D eigenvalue weighted by molar-refractivity contribution is -0.384. The highest BCUT2D eigenvalue weighted by Crippen LogP contribution is 2.20. The maximum Gasteiger partial charge on any atom is 0.269 e. The molecule has 1 atom stereocenters. The maximum atomic E-state index is 13.4. The number of nitrogens with zero attached hydrogens (tertiary/aromatic N) is 2. The van der Waals surface area contributed by atoms with Crippen molar-refractivity contribution in [3.63, 3.8) is 0 Å². The molecule has 3 aromatic carbocycles. The topological polar surface area (TPSA) is 92.6 Å². The van der Waals surface area contributed by atoms with Gasteiger partial charge in [0.1, 0.15) is 6.04 Å². The summed E-state index contributed by atoms with van der Waals surface area (Å²) in [6, 6.07) is 22.4. The summed E-state index contributed by atoms with van der Waals surface area (Å²) >= 11 is 7.42. The number of halogens is 1. The fourth-order valence-corrected chi connectivity index (χ4v) is 4.56. The van der Waals surface area contributed by atoms with Gasteiger partial charge in [-0.1, -0.05) is 66.2 Å². The average molecular weight is 512 g/mol. The number of amides is 2. The second-order valence-corrected chi connectivity index (χ2v) is 9.31. The van der Waals surface area contributed by atoms with Crippen LogP contribution in [0.4, 0.5) is 5.69 Å². The molecule has 0 fully saturated rings. The Kier molecular flexibility index (Phi) is 9.69. The van der Waals surface area contributed by atoms with Crippen molar-refractivity contribution < 1.29 is 14.5 Å². The number of nitrogens with one attached hydrogen (secondary N) is 1. The van der Waals surface area contributed by atoms with Gasteiger partial charge in [0, 0.05) is 42.9 Å². The van der Waals surface area contributed by atoms with Gasteiger partial charge in [0.2, 0.25) is 11.8 Å². The molecule has 0 unspecified atom stereocenters. The molecular weight excluding hydrogens is 486 g/mol. The molecule has 0 aliphatic carbocycles. The molecule has 1 N–H and O–H groups in total. The van der Waals surface area contributed by atoms with Gasteiger partial charge < -0.3 is 10.2 Å². The second-order valence-electron chi connectivity index (χ2n) is 7.88. The highest BCUT2D eigenvalue weighted by molar-refractivity contribution is 7.99. The quantitative estimate of drug-likeness (QED) is 0.293. The number of hydrogen-bond acceptors (Lipinski definition) is 5. The number of rotatable bonds is 11. The van der Waals surface area contributed by atoms with Crippen LogP contribution in [-0.2, 0) is 28.3 Å². The molecule has 0 saturated carbocycles. The van der Waals surface area contributed by atoms with Gasteiger partial charge in [-0.05, 0) is 28.8 Å². The average Bonchev–Trinajstić information content (AvgIpc) is 2.87. The third kappa shape index (κ3) is 7.83. The number of nitro benzene ring substituents is 1. The lowest BCUT2D eigenvalue weighted by atomic mass is 10.0. The van der Waals surface area contributed by atoms with E-state index in [4.69, 9.17) is 11.6 Å². The number of thioether (sulfide) groups is 1. The van der Waals surface area contributed by atoms with Crippen molar-refractivity contribution in [2.45, 2.75) is 24.8 Å². The molecule has 7 nitrogen and oxygen atoms in total. The zero-order valence-electron chi connectivity index (χ0n) is 19.2. The van der Waals surface area contributed by atoms with E-state index in [9.17, 15) is 19.7 Å². The molecule has 182 valence electrons. The van der Waals surface area contributed by atoms with Crippen molar-refractivity contribution in [3.05, 3.63) is 111 Å². The Hall–Kier alpha value is -3.36. The lowest BCUT2D eigenvalue weighted by Crippen LogP contribution is -2.50. The van der Waals surface area contributed by atoms with Crippen LogP contribution in [0.1, 0.15) is 16.7 Å². The third-order valence-electron chi connectivity index (χ3n) is 5.43. The van der Waals surface area contributed by atoms with Crippen LogP contribution < -0.4 is 5.32 Å². The molecule has 0 heterocycles. The fraction of sp³-hybridized carbons (Fsp3) is 0.231. The van der Waals surface area contributed by atoms with Gasteiger partial charge in [-0.3, -0.25) is 19.7 Å². The zero-order chi connectivity index (χ0) is 25.2. The van der Waals surface area contributed by atoms with Crippen molar-refractivity contribution in [2.24, 2.45) is 0 Å². The number of carbonyl (C=O) groups excluding carboxylic acids is 2. The van der Waals surface area contributed by atoms with E-state index in [1.54, 1.807) is 36.2 Å². The predicted molar refractivity (Wildman–Crippen MR) is 139 cm³/mol. The Bertz CT molecular complexity index is 1140. The summed E-state index contributed by atoms with van der Waals surface area (Å²) in [4.78, 5) is 38.3. The van der Waals surface area contributed by atoms with E-state index in [0.717, 1.165) is 16.7 Å². The maximum absolute atomic E-state index is 13.4. The predicted octanol–water partition coefficient (Wildman–Crippen LogP) is 4.87. The molecule has 3 rings (SSSR count). The first-order valence-corrected chi connectivity index (χ1v) is 12.5. The van der Waals surface area contributed by atoms with Gasteiger partial charge in [-0.15, -0.1) is 11.8 Å². The van der Waals surface area contributed by atoms with E-state index in [1.165, 1.54) is 23.9 Å². The lowest BCUT2D eigenvalue weighted by Gasteiger charge is -2.31. The van der Waals surface area contributed by atoms with Gasteiger partial charge >= 0.3 is 0 Å². The van der Waals surface area contributed by atoms with Crippen molar-refractivity contribution in [3.8, 4) is 0 Å². The monoisotopic (exact) mass is 511 g/mol. The summed E-state index contributed by atoms with van der Waals surface area (Å²) in [5.41, 5.74) is 2.72. The van der Waals surface area contributed by atoms with E-state index in [2.05, 4.69) is 5.32 Å². The zero-order valence-corrected chi connectivity index (χ0v) is 20.8. The summed E-state index contributed by atoms with van der Waals surface area (Å²) in [5, 5.41) is 14.1. The van der Waals surface area contributed by atoms with E-state index >= 15 is 0 Å². The van der Waals surface area contributed by atoms with Crippen LogP contribution in [0.5, 0.6) is 0 Å². The van der Waals surface area contributed by atoms with Gasteiger partial charge in [0.15, 0.2) is 0 Å². The van der Waals surface area contributed by atoms with Gasteiger partial charge in [0.25, 0.3) is 5.69 Å². The number of likely N-dealkylation sites (N-methyl/N-ethyl adjacent to an activating group) is 1. The first-order valence-electron chi connectivity index (χ1n) is 11.0. The number of benzene rings is 3. The highest BCUT2D eigenvalue weighted by atomic mass is 35.5. The van der Waals surface area contributed by atoms with Gasteiger partial charge in [-0.2, -0.15) is 0 Å². The minimum atomic E-state index is -0.689. The standard InChI is InChI=1S/C26H26ClN3O4S/c1-28-26(32)24(15-19-5-3-2-4-6-19)29(16-20-7-11-22(27)12-8-20)25(31)18-35-17-21-9-13-23(14-10-21)30(33)34/h2-14,24H,15-18H2,1H3,(H,28,32)/t24-/m1/s1. The molecule has 35 heavy (non-hydrogen) atoms. The minimum absolute atomic E-state index is 0.0262. The Labute approximate surface area is 213 Å². The second kappa shape index (κ2) is 12.9. The van der Waals surface area contributed by atoms with E-state index in [1.807, 2.05) is 42.5 Å². The largest absolute Gasteiger partial charge is 0.357 e. The van der Waals surface area contributed by atoms with Crippen LogP contribution in [0.15, 0.2) is 78.9 Å². The van der Waals surface area contributed by atoms with Crippen LogP contribution in [0.2, 0.25) is 5.02 Å². The molecule has 0 bridgehead atoms. The Morgan fingerprint density at radius 1 is 0.971 bits per heavy atom. The molecule has 2 amide bonds. The van der Waals surface area contributed by atoms with Crippen molar-refractivity contribution in [1.82, 2.24) is 10.2 Å². The molecular formula is C26H26ClN3O4S. The fourth-order valence-electron chi connectivity index (χ4n) is 3.56. The smallest absolute Gasteiger partial charge is 0.269 e. The summed E-state index contributed by atoms with van der Waals surface area (Å²) in [6.07, 6.45) is 0.382. The Morgan fingerprint density at radius 3 is 2.20 bits per heavy atom. The first-order chi connectivity index (χ1) is 16.9. The summed E-state index contributed by atoms with van der Waals surface area (Å²) in [7, 11) is 1.56. The van der Waals surface area contributed by atoms with E-state index in [0.29, 0.717) is 17.2 Å². The van der Waals surface area contributed by atoms with Crippen LogP contribution in [-0.4, -0.2) is 40.5 Å². The molecule has 0 aliphatic heterocycles. The third-order valence-corrected chi connectivity index (χ3v) is 6.67. The first kappa shape index (κ1) is 26.2. The Morgan fingerprint density at radius 2 is 1.60 bits per heavy atom. The molecule has 0 spiro atoms. The van der Waals surface area contributed by atoms with E-state index < -0.39 is 11.0 Å². The van der Waals surface area contributed by atoms with Crippen LogP contribution in [0, 0.1) is 10.1 Å². The number of carbonyl (C=O) groups is 2.